The molecule has 1 saturated carbocycles. The van der Waals surface area contributed by atoms with Crippen LogP contribution in [0, 0.1) is 17.8 Å². The van der Waals surface area contributed by atoms with Crippen LogP contribution in [0.15, 0.2) is 17.0 Å². The second kappa shape index (κ2) is 8.48. The summed E-state index contributed by atoms with van der Waals surface area (Å²) in [6.45, 7) is 13.1. The van der Waals surface area contributed by atoms with Crippen molar-refractivity contribution in [3.05, 3.63) is 140 Å². The summed E-state index contributed by atoms with van der Waals surface area (Å²) >= 11 is 2.64. The number of benzene rings is 10. The minimum atomic E-state index is -0.0235. The summed E-state index contributed by atoms with van der Waals surface area (Å²) in [5.74, 6) is 13.8. The molecule has 0 radical (unpaired) electrons. The second-order valence-corrected chi connectivity index (χ2v) is 35.2. The first-order valence-electron chi connectivity index (χ1n) is 33.0. The predicted molar refractivity (Wildman–Crippen MR) is 312 cm³/mol. The number of thioether (sulfide) groups is 1. The molecule has 1 aliphatic heterocycles. The molecule has 23 aliphatic rings. The van der Waals surface area contributed by atoms with Gasteiger partial charge in [0.2, 0.25) is 0 Å². The van der Waals surface area contributed by atoms with E-state index in [4.69, 9.17) is 0 Å². The Bertz CT molecular complexity index is 5750. The minimum Gasteiger partial charge on any atom is -0.112 e. The second-order valence-electron chi connectivity index (χ2n) is 34.0. The maximum atomic E-state index is 2.88. The van der Waals surface area contributed by atoms with Crippen molar-refractivity contribution in [2.75, 3.05) is 0 Å². The lowest BCUT2D eigenvalue weighted by molar-refractivity contribution is 0.0333. The molecule has 23 atom stereocenters. The SMILES string of the molecule is CCCCC(CC)Cc1ccc2c(c1C(C)(C)C)C13c4c5c6c7c8c9c%10c%11c%12c%13c%14c%15c(c%16c%13c%10c7c4-%16)C1(S2)C1C%15C2c4c7c%10c%13c%15c%16c%17c%18c%19c%20c%21c%22c%23c(c4c4c%22c%19c%16c%104)C2C%14C%12C%23C%21C%11C9C%20C%18C8C6C%17C%15C5C3C%13C71. The lowest BCUT2D eigenvalue weighted by Gasteiger charge is -2.65. The molecule has 0 saturated heterocycles. The van der Waals surface area contributed by atoms with Crippen LogP contribution in [-0.2, 0) is 22.0 Å². The third kappa shape index (κ3) is 2.14. The Morgan fingerprint density at radius 1 is 0.392 bits per heavy atom. The molecule has 1 heteroatoms. The van der Waals surface area contributed by atoms with Crippen molar-refractivity contribution in [3.8, 4) is 11.1 Å². The van der Waals surface area contributed by atoms with Crippen LogP contribution in [-0.4, -0.2) is 0 Å². The van der Waals surface area contributed by atoms with Gasteiger partial charge in [0, 0.05) is 10.3 Å². The van der Waals surface area contributed by atoms with Crippen LogP contribution in [0.2, 0.25) is 0 Å². The highest BCUT2D eigenvalue weighted by Crippen LogP contribution is 3.01. The van der Waals surface area contributed by atoms with E-state index in [0.717, 1.165) is 5.92 Å². The Hall–Kier alpha value is -5.37. The van der Waals surface area contributed by atoms with Crippen molar-refractivity contribution in [1.82, 2.24) is 0 Å². The van der Waals surface area contributed by atoms with Gasteiger partial charge >= 0.3 is 0 Å². The van der Waals surface area contributed by atoms with E-state index in [2.05, 4.69) is 103 Å². The van der Waals surface area contributed by atoms with Crippen molar-refractivity contribution in [1.29, 1.82) is 0 Å². The van der Waals surface area contributed by atoms with Gasteiger partial charge in [-0.3, -0.25) is 0 Å². The molecule has 0 nitrogen and oxygen atoms in total. The van der Waals surface area contributed by atoms with Crippen LogP contribution < -0.4 is 0 Å². The number of hydrogen-bond acceptors (Lipinski definition) is 1. The van der Waals surface area contributed by atoms with Crippen LogP contribution in [0.3, 0.4) is 0 Å². The third-order valence-electron chi connectivity index (χ3n) is 33.2. The average molecular weight is 1020 g/mol. The smallest absolute Gasteiger partial charge is 0.0645 e. The van der Waals surface area contributed by atoms with Gasteiger partial charge in [-0.15, -0.1) is 11.8 Å². The minimum absolute atomic E-state index is 0.0217. The molecular weight excluding hydrogens is 969 g/mol. The fourth-order valence-electron chi connectivity index (χ4n) is 34.2. The van der Waals surface area contributed by atoms with Crippen molar-refractivity contribution in [2.45, 2.75) is 194 Å². The molecule has 1 heterocycles. The van der Waals surface area contributed by atoms with Crippen LogP contribution in [0.4, 0.5) is 0 Å². The van der Waals surface area contributed by atoms with E-state index < -0.39 is 0 Å². The molecule has 34 rings (SSSR count). The normalized spacial score (nSPS) is 44.5. The largest absolute Gasteiger partial charge is 0.112 e. The Labute approximate surface area is 457 Å². The molecule has 22 aliphatic carbocycles. The zero-order chi connectivity index (χ0) is 48.5. The van der Waals surface area contributed by atoms with Crippen molar-refractivity contribution < 1.29 is 0 Å². The first-order chi connectivity index (χ1) is 38.9. The molecule has 2 spiro atoms. The molecule has 11 aromatic carbocycles. The third-order valence-corrected chi connectivity index (χ3v) is 34.9. The molecule has 366 valence electrons. The average Bonchev–Trinajstić information content (AvgIpc) is 1.80. The summed E-state index contributed by atoms with van der Waals surface area (Å²) in [5.41, 5.74) is 50.5. The molecule has 11 aromatic rings. The monoisotopic (exact) mass is 1020 g/mol. The first-order valence-corrected chi connectivity index (χ1v) is 33.8. The van der Waals surface area contributed by atoms with Crippen molar-refractivity contribution in [3.63, 3.8) is 0 Å². The van der Waals surface area contributed by atoms with Gasteiger partial charge in [0.15, 0.2) is 0 Å². The highest BCUT2D eigenvalue weighted by Gasteiger charge is 2.90. The zero-order valence-electron chi connectivity index (χ0n) is 44.7. The molecule has 1 fully saturated rings. The quantitative estimate of drug-likeness (QED) is 0.150. The topological polar surface area (TPSA) is 0 Å². The summed E-state index contributed by atoms with van der Waals surface area (Å²) in [7, 11) is 0. The van der Waals surface area contributed by atoms with E-state index in [1.54, 1.807) is 10.5 Å². The molecular formula is C78H48S. The van der Waals surface area contributed by atoms with Crippen LogP contribution in [0.25, 0.3) is 97.3 Å². The van der Waals surface area contributed by atoms with Gasteiger partial charge in [0.1, 0.15) is 0 Å². The molecule has 0 bridgehead atoms. The van der Waals surface area contributed by atoms with Crippen molar-refractivity contribution >= 4 is 97.9 Å². The Kier molecular flexibility index (Phi) is 3.74. The van der Waals surface area contributed by atoms with Gasteiger partial charge in [0.25, 0.3) is 0 Å². The Morgan fingerprint density at radius 2 is 0.747 bits per heavy atom. The Balaban J connectivity index is 0.931. The van der Waals surface area contributed by atoms with Gasteiger partial charge in [-0.25, -0.2) is 0 Å². The summed E-state index contributed by atoms with van der Waals surface area (Å²) in [6.07, 6.45) is 6.63. The first kappa shape index (κ1) is 34.8. The highest BCUT2D eigenvalue weighted by molar-refractivity contribution is 8.00. The van der Waals surface area contributed by atoms with Crippen LogP contribution >= 0.6 is 11.8 Å². The molecule has 0 N–H and O–H groups in total. The van der Waals surface area contributed by atoms with Gasteiger partial charge in [0.05, 0.1) is 4.75 Å². The van der Waals surface area contributed by atoms with Gasteiger partial charge in [-0.1, -0.05) is 66.4 Å². The van der Waals surface area contributed by atoms with E-state index in [1.807, 2.05) is 175 Å². The number of hydrogen-bond donors (Lipinski definition) is 0. The molecule has 0 aromatic heterocycles. The lowest BCUT2D eigenvalue weighted by atomic mass is 9.39. The standard InChI is InChI=1S/C78H48S/c1-6-8-9-13(7-2)12-14-10-11-15-71(70(14)76(3,4)5)77-72-62-54-44-34-26-18-16-17-20-24-22(18)30-38-32(24)42-36-28(20)29-21(17)25-23-19(16)27(26)35-41-31(23)39-33(25)43-37(29)47-46(36)58-52(42)60-50(38)56(48(54)40(30)34)64(72)66(60)74-68(58)69-59(47)53(43)61-51(39)57-49(41)55(45(35)44)63(62)73(77)65(57)67(61)75(69)78(74,77)79-15/h10-11,13,18,20,22,24,26,28,34,36,44-47,55,59,63,65,67,69,73,75H,6-9,12H2,1-5H3. The van der Waals surface area contributed by atoms with E-state index in [1.165, 1.54) is 32.1 Å². The summed E-state index contributed by atoms with van der Waals surface area (Å²) in [4.78, 5) is 1.77. The van der Waals surface area contributed by atoms with Gasteiger partial charge < -0.3 is 0 Å². The zero-order valence-corrected chi connectivity index (χ0v) is 45.5. The number of unbranched alkanes of at least 4 members (excludes halogenated alkanes) is 1. The van der Waals surface area contributed by atoms with E-state index in [9.17, 15) is 0 Å². The van der Waals surface area contributed by atoms with E-state index in [0.29, 0.717) is 118 Å². The summed E-state index contributed by atoms with van der Waals surface area (Å²) in [6, 6.07) is 5.68. The van der Waals surface area contributed by atoms with E-state index >= 15 is 0 Å². The fourth-order valence-corrected chi connectivity index (χ4v) is 36.3. The predicted octanol–water partition coefficient (Wildman–Crippen LogP) is 18.6. The number of rotatable bonds is 6. The van der Waals surface area contributed by atoms with Crippen molar-refractivity contribution in [2.24, 2.45) is 17.8 Å². The van der Waals surface area contributed by atoms with Crippen LogP contribution in [0.5, 0.6) is 0 Å². The molecule has 0 amide bonds. The molecule has 23 unspecified atom stereocenters. The maximum absolute atomic E-state index is 2.88. The lowest BCUT2D eigenvalue weighted by Crippen LogP contribution is -2.62. The summed E-state index contributed by atoms with van der Waals surface area (Å²) < 4.78 is 0.0217. The molecule has 79 heavy (non-hydrogen) atoms. The number of fused-ring (bicyclic) bond motifs is 1. The van der Waals surface area contributed by atoms with E-state index in [-0.39, 0.29) is 15.6 Å². The Morgan fingerprint density at radius 3 is 1.19 bits per heavy atom. The summed E-state index contributed by atoms with van der Waals surface area (Å²) in [5, 5.41) is 30.9. The van der Waals surface area contributed by atoms with Gasteiger partial charge in [-0.05, 0) is 367 Å². The highest BCUT2D eigenvalue weighted by atomic mass is 32.2. The maximum Gasteiger partial charge on any atom is 0.0645 e. The van der Waals surface area contributed by atoms with Gasteiger partial charge in [-0.2, -0.15) is 0 Å². The fraction of sp³-hybridized carbons (Fsp3) is 0.436. The van der Waals surface area contributed by atoms with Crippen LogP contribution in [0.1, 0.15) is 295 Å².